The van der Waals surface area contributed by atoms with Crippen LogP contribution in [-0.4, -0.2) is 16.0 Å². The zero-order valence-electron chi connectivity index (χ0n) is 16.4. The third-order valence-electron chi connectivity index (χ3n) is 6.59. The number of fused-ring (bicyclic) bond motifs is 6. The molecule has 1 saturated heterocycles. The van der Waals surface area contributed by atoms with Crippen molar-refractivity contribution in [3.05, 3.63) is 58.9 Å². The van der Waals surface area contributed by atoms with Crippen LogP contribution in [0.15, 0.2) is 42.5 Å². The highest BCUT2D eigenvalue weighted by atomic mass is 35.5. The predicted molar refractivity (Wildman–Crippen MR) is 117 cm³/mol. The van der Waals surface area contributed by atoms with Crippen LogP contribution in [-0.2, 0) is 6.61 Å². The lowest BCUT2D eigenvalue weighted by molar-refractivity contribution is 0.303. The summed E-state index contributed by atoms with van der Waals surface area (Å²) in [5.41, 5.74) is 5.53. The summed E-state index contributed by atoms with van der Waals surface area (Å²) in [6.07, 6.45) is 1.11. The van der Waals surface area contributed by atoms with E-state index in [4.69, 9.17) is 21.3 Å². The Morgan fingerprint density at radius 3 is 2.79 bits per heavy atom. The molecule has 0 aliphatic carbocycles. The van der Waals surface area contributed by atoms with Gasteiger partial charge >= 0.3 is 0 Å². The van der Waals surface area contributed by atoms with Gasteiger partial charge in [-0.05, 0) is 66.1 Å². The lowest BCUT2D eigenvalue weighted by Crippen LogP contribution is -2.24. The number of ether oxygens (including phenoxy) is 1. The maximum atomic E-state index is 6.17. The molecule has 146 valence electrons. The highest BCUT2D eigenvalue weighted by Crippen LogP contribution is 2.42. The van der Waals surface area contributed by atoms with E-state index in [1.54, 1.807) is 0 Å². The highest BCUT2D eigenvalue weighted by Gasteiger charge is 2.30. The van der Waals surface area contributed by atoms with Crippen LogP contribution in [0.3, 0.4) is 0 Å². The smallest absolute Gasteiger partial charge is 0.128 e. The lowest BCUT2D eigenvalue weighted by Gasteiger charge is -2.21. The van der Waals surface area contributed by atoms with Gasteiger partial charge in [0.05, 0.1) is 17.1 Å². The molecule has 3 aromatic carbocycles. The molecule has 5 heteroatoms. The first-order chi connectivity index (χ1) is 14.1. The molecule has 0 radical (unpaired) electrons. The van der Waals surface area contributed by atoms with Crippen LogP contribution in [0.1, 0.15) is 37.7 Å². The van der Waals surface area contributed by atoms with E-state index >= 15 is 0 Å². The summed E-state index contributed by atoms with van der Waals surface area (Å²) in [5.74, 6) is 2.60. The predicted octanol–water partition coefficient (Wildman–Crippen LogP) is 5.99. The molecule has 1 aromatic heterocycles. The van der Waals surface area contributed by atoms with Crippen LogP contribution < -0.4 is 10.1 Å². The van der Waals surface area contributed by atoms with Crippen LogP contribution in [0.2, 0.25) is 5.02 Å². The van der Waals surface area contributed by atoms with E-state index in [0.717, 1.165) is 50.6 Å². The number of benzene rings is 3. The van der Waals surface area contributed by atoms with Gasteiger partial charge in [-0.3, -0.25) is 0 Å². The number of nitrogens with zero attached hydrogens (tertiary/aromatic N) is 1. The van der Waals surface area contributed by atoms with E-state index in [2.05, 4.69) is 54.5 Å². The first-order valence-electron chi connectivity index (χ1n) is 10.2. The lowest BCUT2D eigenvalue weighted by atomic mass is 9.94. The molecule has 0 saturated carbocycles. The van der Waals surface area contributed by atoms with Gasteiger partial charge < -0.3 is 15.0 Å². The summed E-state index contributed by atoms with van der Waals surface area (Å²) >= 11 is 6.17. The fraction of sp³-hybridized carbons (Fsp3) is 0.292. The van der Waals surface area contributed by atoms with Crippen LogP contribution in [0.5, 0.6) is 5.75 Å². The molecule has 2 N–H and O–H groups in total. The van der Waals surface area contributed by atoms with Gasteiger partial charge in [-0.15, -0.1) is 0 Å². The Balaban J connectivity index is 1.50. The molecule has 2 aliphatic rings. The molecule has 29 heavy (non-hydrogen) atoms. The number of halogens is 1. The first-order valence-corrected chi connectivity index (χ1v) is 10.6. The molecule has 6 rings (SSSR count). The van der Waals surface area contributed by atoms with Crippen molar-refractivity contribution < 1.29 is 4.74 Å². The average Bonchev–Trinajstić information content (AvgIpc) is 3.30. The zero-order chi connectivity index (χ0) is 19.7. The second-order valence-electron chi connectivity index (χ2n) is 8.46. The first kappa shape index (κ1) is 17.3. The van der Waals surface area contributed by atoms with Gasteiger partial charge in [0, 0.05) is 22.0 Å². The number of aromatic nitrogens is 2. The molecular formula is C24H22ClN3O. The SMILES string of the molecule is C[C@@H]1CC(c2nc3ccc4cc5c(cc4c3[nH]2)OCc2cc(Cl)ccc2-5)N[C@@H]1C. The number of nitrogens with one attached hydrogen (secondary N) is 2. The number of H-pyrrole nitrogens is 1. The second kappa shape index (κ2) is 6.22. The zero-order valence-corrected chi connectivity index (χ0v) is 17.2. The van der Waals surface area contributed by atoms with Crippen LogP contribution >= 0.6 is 11.6 Å². The Morgan fingerprint density at radius 2 is 1.97 bits per heavy atom. The minimum absolute atomic E-state index is 0.285. The van der Waals surface area contributed by atoms with Crippen LogP contribution in [0.25, 0.3) is 32.9 Å². The minimum Gasteiger partial charge on any atom is -0.488 e. The molecule has 4 aromatic rings. The molecule has 2 aliphatic heterocycles. The van der Waals surface area contributed by atoms with Crippen molar-refractivity contribution in [2.45, 2.75) is 39.0 Å². The van der Waals surface area contributed by atoms with E-state index in [-0.39, 0.29) is 6.04 Å². The van der Waals surface area contributed by atoms with E-state index in [1.165, 1.54) is 10.9 Å². The summed E-state index contributed by atoms with van der Waals surface area (Å²) in [6, 6.07) is 15.5. The summed E-state index contributed by atoms with van der Waals surface area (Å²) in [5, 5.41) is 6.74. The van der Waals surface area contributed by atoms with Gasteiger partial charge in [-0.1, -0.05) is 30.7 Å². The van der Waals surface area contributed by atoms with E-state index in [1.807, 2.05) is 12.1 Å². The Morgan fingerprint density at radius 1 is 1.07 bits per heavy atom. The molecule has 3 heterocycles. The highest BCUT2D eigenvalue weighted by molar-refractivity contribution is 6.30. The topological polar surface area (TPSA) is 49.9 Å². The van der Waals surface area contributed by atoms with Crippen molar-refractivity contribution in [3.8, 4) is 16.9 Å². The molecule has 1 unspecified atom stereocenters. The van der Waals surface area contributed by atoms with Gasteiger partial charge in [-0.2, -0.15) is 0 Å². The number of imidazole rings is 1. The van der Waals surface area contributed by atoms with Crippen LogP contribution in [0.4, 0.5) is 0 Å². The third-order valence-corrected chi connectivity index (χ3v) is 6.82. The van der Waals surface area contributed by atoms with Crippen molar-refractivity contribution in [1.82, 2.24) is 15.3 Å². The second-order valence-corrected chi connectivity index (χ2v) is 8.90. The standard InChI is InChI=1S/C24H22ClN3O/c1-12-7-21(26-13(12)2)24-27-20-6-3-14-9-19-17-5-4-16(25)8-15(17)11-29-22(19)10-18(14)23(20)28-24/h3-6,8-10,12-13,21,26H,7,11H2,1-2H3,(H,27,28)/t12-,13-,21?/m1/s1. The molecule has 0 bridgehead atoms. The van der Waals surface area contributed by atoms with Gasteiger partial charge in [0.1, 0.15) is 18.2 Å². The monoisotopic (exact) mass is 403 g/mol. The van der Waals surface area contributed by atoms with Crippen molar-refractivity contribution >= 4 is 33.4 Å². The number of hydrogen-bond acceptors (Lipinski definition) is 3. The molecule has 0 amide bonds. The fourth-order valence-electron chi connectivity index (χ4n) is 4.76. The van der Waals surface area contributed by atoms with Gasteiger partial charge in [0.2, 0.25) is 0 Å². The van der Waals surface area contributed by atoms with Crippen molar-refractivity contribution in [1.29, 1.82) is 0 Å². The summed E-state index contributed by atoms with van der Waals surface area (Å²) in [4.78, 5) is 8.51. The molecular weight excluding hydrogens is 382 g/mol. The van der Waals surface area contributed by atoms with Crippen molar-refractivity contribution in [2.75, 3.05) is 0 Å². The maximum Gasteiger partial charge on any atom is 0.128 e. The summed E-state index contributed by atoms with van der Waals surface area (Å²) in [6.45, 7) is 5.09. The van der Waals surface area contributed by atoms with E-state index in [0.29, 0.717) is 18.6 Å². The van der Waals surface area contributed by atoms with E-state index in [9.17, 15) is 0 Å². The third kappa shape index (κ3) is 2.66. The number of rotatable bonds is 1. The Hall–Kier alpha value is -2.56. The Labute approximate surface area is 174 Å². The molecule has 1 fully saturated rings. The fourth-order valence-corrected chi connectivity index (χ4v) is 4.96. The Bertz CT molecular complexity index is 1270. The van der Waals surface area contributed by atoms with Crippen molar-refractivity contribution in [2.24, 2.45) is 5.92 Å². The van der Waals surface area contributed by atoms with Gasteiger partial charge in [0.15, 0.2) is 0 Å². The molecule has 4 nitrogen and oxygen atoms in total. The normalized spacial score (nSPS) is 23.2. The summed E-state index contributed by atoms with van der Waals surface area (Å²) < 4.78 is 6.09. The number of hydrogen-bond donors (Lipinski definition) is 2. The van der Waals surface area contributed by atoms with E-state index < -0.39 is 0 Å². The number of aromatic amines is 1. The molecule has 3 atom stereocenters. The largest absolute Gasteiger partial charge is 0.488 e. The molecule has 0 spiro atoms. The maximum absolute atomic E-state index is 6.17. The average molecular weight is 404 g/mol. The van der Waals surface area contributed by atoms with Gasteiger partial charge in [0.25, 0.3) is 0 Å². The van der Waals surface area contributed by atoms with Crippen LogP contribution in [0, 0.1) is 5.92 Å². The quantitative estimate of drug-likeness (QED) is 0.410. The minimum atomic E-state index is 0.285. The van der Waals surface area contributed by atoms with Crippen molar-refractivity contribution in [3.63, 3.8) is 0 Å². The summed E-state index contributed by atoms with van der Waals surface area (Å²) in [7, 11) is 0. The van der Waals surface area contributed by atoms with Gasteiger partial charge in [-0.25, -0.2) is 4.98 Å². The Kier molecular flexibility index (Phi) is 3.71.